The summed E-state index contributed by atoms with van der Waals surface area (Å²) in [6, 6.07) is 2.78. The highest BCUT2D eigenvalue weighted by Gasteiger charge is 2.01. The van der Waals surface area contributed by atoms with Crippen LogP contribution in [0.25, 0.3) is 0 Å². The van der Waals surface area contributed by atoms with E-state index in [0.29, 0.717) is 5.56 Å². The molecule has 5 heteroatoms. The highest BCUT2D eigenvalue weighted by atomic mass is 127. The Balaban J connectivity index is 3.05. The molecule has 0 aliphatic carbocycles. The molecule has 0 saturated carbocycles. The van der Waals surface area contributed by atoms with Crippen LogP contribution in [0.3, 0.4) is 0 Å². The Bertz CT molecular complexity index is 320. The molecule has 4 nitrogen and oxygen atoms in total. The van der Waals surface area contributed by atoms with E-state index in [0.717, 1.165) is 0 Å². The second-order valence-corrected chi connectivity index (χ2v) is 2.40. The first-order valence-electron chi connectivity index (χ1n) is 2.84. The van der Waals surface area contributed by atoms with E-state index in [1.54, 1.807) is 22.9 Å². The lowest BCUT2D eigenvalue weighted by Crippen LogP contribution is -2.15. The standard InChI is InChI=1S/C6H5IN2O2/c7-9-6(11)4-1-2-8-5(10)3-4/h1-3H,(H,8,10)(H,9,11). The first kappa shape index (κ1) is 8.25. The van der Waals surface area contributed by atoms with E-state index in [9.17, 15) is 9.59 Å². The monoisotopic (exact) mass is 264 g/mol. The van der Waals surface area contributed by atoms with Gasteiger partial charge in [0, 0.05) is 17.8 Å². The molecule has 0 atom stereocenters. The number of aromatic nitrogens is 1. The van der Waals surface area contributed by atoms with Crippen LogP contribution in [0.5, 0.6) is 0 Å². The molecular formula is C6H5IN2O2. The van der Waals surface area contributed by atoms with Crippen molar-refractivity contribution in [2.45, 2.75) is 0 Å². The van der Waals surface area contributed by atoms with Crippen LogP contribution in [0.4, 0.5) is 0 Å². The van der Waals surface area contributed by atoms with Crippen molar-refractivity contribution in [1.82, 2.24) is 8.51 Å². The van der Waals surface area contributed by atoms with E-state index in [4.69, 9.17) is 0 Å². The maximum absolute atomic E-state index is 10.9. The quantitative estimate of drug-likeness (QED) is 0.571. The lowest BCUT2D eigenvalue weighted by atomic mass is 10.3. The molecule has 58 valence electrons. The highest BCUT2D eigenvalue weighted by Crippen LogP contribution is 1.93. The molecule has 1 amide bonds. The Morgan fingerprint density at radius 2 is 2.36 bits per heavy atom. The van der Waals surface area contributed by atoms with Crippen molar-refractivity contribution in [2.24, 2.45) is 0 Å². The van der Waals surface area contributed by atoms with Crippen LogP contribution in [0.2, 0.25) is 0 Å². The van der Waals surface area contributed by atoms with Crippen molar-refractivity contribution in [3.05, 3.63) is 34.2 Å². The molecule has 0 bridgehead atoms. The van der Waals surface area contributed by atoms with Crippen LogP contribution >= 0.6 is 22.9 Å². The zero-order chi connectivity index (χ0) is 8.27. The minimum absolute atomic E-state index is 0.267. The van der Waals surface area contributed by atoms with Crippen LogP contribution in [-0.2, 0) is 0 Å². The van der Waals surface area contributed by atoms with Gasteiger partial charge in [0.2, 0.25) is 5.56 Å². The number of carbonyl (C=O) groups is 1. The van der Waals surface area contributed by atoms with E-state index in [-0.39, 0.29) is 11.5 Å². The summed E-state index contributed by atoms with van der Waals surface area (Å²) in [7, 11) is 0. The molecule has 2 N–H and O–H groups in total. The van der Waals surface area contributed by atoms with Gasteiger partial charge >= 0.3 is 0 Å². The molecule has 0 aliphatic rings. The van der Waals surface area contributed by atoms with Gasteiger partial charge in [0.1, 0.15) is 0 Å². The molecule has 1 aromatic heterocycles. The predicted molar refractivity (Wildman–Crippen MR) is 48.5 cm³/mol. The maximum atomic E-state index is 10.9. The smallest absolute Gasteiger partial charge is 0.260 e. The molecule has 0 aromatic carbocycles. The summed E-state index contributed by atoms with van der Waals surface area (Å²) in [4.78, 5) is 24.0. The van der Waals surface area contributed by atoms with Crippen molar-refractivity contribution < 1.29 is 4.79 Å². The third kappa shape index (κ3) is 2.04. The molecular weight excluding hydrogens is 259 g/mol. The fourth-order valence-corrected chi connectivity index (χ4v) is 0.952. The molecule has 1 aromatic rings. The van der Waals surface area contributed by atoms with Crippen LogP contribution < -0.4 is 9.09 Å². The Morgan fingerprint density at radius 3 is 2.91 bits per heavy atom. The van der Waals surface area contributed by atoms with E-state index in [1.807, 2.05) is 0 Å². The molecule has 0 radical (unpaired) electrons. The van der Waals surface area contributed by atoms with E-state index in [2.05, 4.69) is 8.51 Å². The lowest BCUT2D eigenvalue weighted by molar-refractivity contribution is 0.0989. The molecule has 0 aliphatic heterocycles. The Morgan fingerprint density at radius 1 is 1.64 bits per heavy atom. The number of pyridine rings is 1. The summed E-state index contributed by atoms with van der Waals surface area (Å²) >= 11 is 1.72. The van der Waals surface area contributed by atoms with Gasteiger partial charge in [-0.1, -0.05) is 0 Å². The maximum Gasteiger partial charge on any atom is 0.260 e. The van der Waals surface area contributed by atoms with Gasteiger partial charge in [0.15, 0.2) is 0 Å². The fraction of sp³-hybridized carbons (Fsp3) is 0. The number of hydrogen-bond donors (Lipinski definition) is 2. The number of hydrogen-bond acceptors (Lipinski definition) is 2. The van der Waals surface area contributed by atoms with E-state index in [1.165, 1.54) is 18.3 Å². The summed E-state index contributed by atoms with van der Waals surface area (Å²) in [5.41, 5.74) is 0.0886. The largest absolute Gasteiger partial charge is 0.329 e. The number of amides is 1. The van der Waals surface area contributed by atoms with Gasteiger partial charge in [-0.3, -0.25) is 13.1 Å². The van der Waals surface area contributed by atoms with Gasteiger partial charge in [-0.15, -0.1) is 0 Å². The number of rotatable bonds is 1. The van der Waals surface area contributed by atoms with Gasteiger partial charge < -0.3 is 4.98 Å². The Labute approximate surface area is 76.5 Å². The van der Waals surface area contributed by atoms with E-state index < -0.39 is 0 Å². The van der Waals surface area contributed by atoms with Gasteiger partial charge in [-0.05, 0) is 6.07 Å². The average molecular weight is 264 g/mol. The number of nitrogens with one attached hydrogen (secondary N) is 2. The Kier molecular flexibility index (Phi) is 2.64. The van der Waals surface area contributed by atoms with Crippen LogP contribution in [-0.4, -0.2) is 10.9 Å². The molecule has 1 rings (SSSR count). The minimum Gasteiger partial charge on any atom is -0.329 e. The van der Waals surface area contributed by atoms with Gasteiger partial charge in [0.25, 0.3) is 5.91 Å². The summed E-state index contributed by atoms with van der Waals surface area (Å²) in [6.45, 7) is 0. The molecule has 11 heavy (non-hydrogen) atoms. The van der Waals surface area contributed by atoms with Crippen molar-refractivity contribution in [3.63, 3.8) is 0 Å². The third-order valence-electron chi connectivity index (χ3n) is 1.12. The normalized spacial score (nSPS) is 9.18. The van der Waals surface area contributed by atoms with Crippen molar-refractivity contribution in [3.8, 4) is 0 Å². The number of H-pyrrole nitrogens is 1. The van der Waals surface area contributed by atoms with Crippen LogP contribution in [0.1, 0.15) is 10.4 Å². The summed E-state index contributed by atoms with van der Waals surface area (Å²) in [5, 5.41) is 0. The average Bonchev–Trinajstić information content (AvgIpc) is 2.03. The van der Waals surface area contributed by atoms with Crippen LogP contribution in [0.15, 0.2) is 23.1 Å². The van der Waals surface area contributed by atoms with Crippen LogP contribution in [0, 0.1) is 0 Å². The van der Waals surface area contributed by atoms with Crippen molar-refractivity contribution in [2.75, 3.05) is 0 Å². The van der Waals surface area contributed by atoms with Gasteiger partial charge in [-0.2, -0.15) is 0 Å². The first-order valence-corrected chi connectivity index (χ1v) is 3.91. The summed E-state index contributed by atoms with van der Waals surface area (Å²) < 4.78 is 2.39. The topological polar surface area (TPSA) is 62.0 Å². The first-order chi connectivity index (χ1) is 5.24. The number of carbonyl (C=O) groups excluding carboxylic acids is 1. The molecule has 0 fully saturated rings. The lowest BCUT2D eigenvalue weighted by Gasteiger charge is -1.94. The van der Waals surface area contributed by atoms with Crippen molar-refractivity contribution in [1.29, 1.82) is 0 Å². The highest BCUT2D eigenvalue weighted by molar-refractivity contribution is 14.1. The molecule has 1 heterocycles. The van der Waals surface area contributed by atoms with Gasteiger partial charge in [0.05, 0.1) is 22.9 Å². The summed E-state index contributed by atoms with van der Waals surface area (Å²) in [5.74, 6) is -0.267. The number of aromatic amines is 1. The zero-order valence-corrected chi connectivity index (χ0v) is 7.58. The Hall–Kier alpha value is -0.850. The van der Waals surface area contributed by atoms with Crippen molar-refractivity contribution >= 4 is 28.8 Å². The SMILES string of the molecule is O=C(NI)c1cc[nH]c(=O)c1. The second-order valence-electron chi connectivity index (χ2n) is 1.87. The van der Waals surface area contributed by atoms with Gasteiger partial charge in [-0.25, -0.2) is 0 Å². The van der Waals surface area contributed by atoms with E-state index >= 15 is 0 Å². The fourth-order valence-electron chi connectivity index (χ4n) is 0.640. The third-order valence-corrected chi connectivity index (χ3v) is 1.61. The second kappa shape index (κ2) is 3.51. The zero-order valence-electron chi connectivity index (χ0n) is 5.43. The molecule has 0 saturated heterocycles. The minimum atomic E-state index is -0.275. The molecule has 0 spiro atoms. The predicted octanol–water partition coefficient (Wildman–Crippen LogP) is 0.455. The molecule has 0 unspecified atom stereocenters. The summed E-state index contributed by atoms with van der Waals surface area (Å²) in [6.07, 6.45) is 1.43. The number of halogens is 1.